The van der Waals surface area contributed by atoms with Gasteiger partial charge in [-0.1, -0.05) is 12.1 Å². The Kier molecular flexibility index (Phi) is 4.41. The number of rotatable bonds is 3. The minimum Gasteiger partial charge on any atom is -0.444 e. The molecule has 1 aromatic rings. The van der Waals surface area contributed by atoms with Crippen molar-refractivity contribution in [3.05, 3.63) is 29.3 Å². The van der Waals surface area contributed by atoms with Gasteiger partial charge < -0.3 is 10.5 Å². The number of halogens is 2. The van der Waals surface area contributed by atoms with Crippen LogP contribution in [0.15, 0.2) is 18.2 Å². The van der Waals surface area contributed by atoms with E-state index in [0.717, 1.165) is 11.1 Å². The summed E-state index contributed by atoms with van der Waals surface area (Å²) in [5.74, 6) is -2.64. The third-order valence-corrected chi connectivity index (χ3v) is 4.06. The van der Waals surface area contributed by atoms with E-state index in [9.17, 15) is 13.6 Å². The van der Waals surface area contributed by atoms with Crippen LogP contribution in [0.1, 0.15) is 44.7 Å². The number of carbonyl (C=O) groups is 1. The number of ether oxygens (including phenoxy) is 1. The minimum atomic E-state index is -2.64. The summed E-state index contributed by atoms with van der Waals surface area (Å²) in [5.41, 5.74) is 6.66. The molecule has 128 valence electrons. The highest BCUT2D eigenvalue weighted by Gasteiger charge is 2.56. The van der Waals surface area contributed by atoms with Crippen molar-refractivity contribution in [2.24, 2.45) is 5.73 Å². The third kappa shape index (κ3) is 3.99. The maximum Gasteiger partial charge on any atom is 0.412 e. The lowest BCUT2D eigenvalue weighted by Gasteiger charge is -2.47. The highest BCUT2D eigenvalue weighted by Crippen LogP contribution is 2.53. The van der Waals surface area contributed by atoms with Crippen LogP contribution in [0.4, 0.5) is 19.3 Å². The summed E-state index contributed by atoms with van der Waals surface area (Å²) in [6, 6.07) is 5.28. The van der Waals surface area contributed by atoms with E-state index in [0.29, 0.717) is 5.69 Å². The fourth-order valence-electron chi connectivity index (χ4n) is 2.95. The fourth-order valence-corrected chi connectivity index (χ4v) is 2.95. The number of benzene rings is 1. The molecule has 0 aromatic heterocycles. The second-order valence-electron chi connectivity index (χ2n) is 7.35. The van der Waals surface area contributed by atoms with Crippen molar-refractivity contribution >= 4 is 11.8 Å². The lowest BCUT2D eigenvalue weighted by molar-refractivity contribution is -0.123. The van der Waals surface area contributed by atoms with Crippen LogP contribution in [-0.4, -0.2) is 24.2 Å². The zero-order chi connectivity index (χ0) is 17.5. The number of hydrogen-bond donors (Lipinski definition) is 2. The van der Waals surface area contributed by atoms with Crippen LogP contribution in [0.5, 0.6) is 0 Å². The van der Waals surface area contributed by atoms with Gasteiger partial charge in [-0.15, -0.1) is 0 Å². The topological polar surface area (TPSA) is 64.3 Å². The Labute approximate surface area is 135 Å². The number of amides is 1. The van der Waals surface area contributed by atoms with Crippen molar-refractivity contribution in [1.82, 2.24) is 0 Å². The normalized spacial score (nSPS) is 18.9. The zero-order valence-electron chi connectivity index (χ0n) is 14.0. The molecule has 0 bridgehead atoms. The molecule has 2 rings (SSSR count). The van der Waals surface area contributed by atoms with E-state index in [4.69, 9.17) is 10.5 Å². The van der Waals surface area contributed by atoms with E-state index >= 15 is 0 Å². The SMILES string of the molecule is Cc1cc(C2(CN)CC(F)(F)C2)ccc1NC(=O)OC(C)(C)C. The Morgan fingerprint density at radius 3 is 2.39 bits per heavy atom. The minimum absolute atomic E-state index is 0.181. The maximum absolute atomic E-state index is 13.3. The van der Waals surface area contributed by atoms with Crippen molar-refractivity contribution in [1.29, 1.82) is 0 Å². The van der Waals surface area contributed by atoms with Gasteiger partial charge in [-0.3, -0.25) is 5.32 Å². The van der Waals surface area contributed by atoms with E-state index in [1.54, 1.807) is 32.9 Å². The first kappa shape index (κ1) is 17.7. The molecule has 1 saturated carbocycles. The summed E-state index contributed by atoms with van der Waals surface area (Å²) in [4.78, 5) is 11.8. The van der Waals surface area contributed by atoms with Crippen LogP contribution in [0.2, 0.25) is 0 Å². The fraction of sp³-hybridized carbons (Fsp3) is 0.588. The Balaban J connectivity index is 2.14. The Hall–Kier alpha value is -1.69. The summed E-state index contributed by atoms with van der Waals surface area (Å²) >= 11 is 0. The molecule has 6 heteroatoms. The molecule has 1 amide bonds. The highest BCUT2D eigenvalue weighted by molar-refractivity contribution is 5.86. The summed E-state index contributed by atoms with van der Waals surface area (Å²) in [7, 11) is 0. The van der Waals surface area contributed by atoms with Crippen LogP contribution in [-0.2, 0) is 10.2 Å². The molecule has 0 radical (unpaired) electrons. The van der Waals surface area contributed by atoms with E-state index in [2.05, 4.69) is 5.32 Å². The molecule has 4 nitrogen and oxygen atoms in total. The lowest BCUT2D eigenvalue weighted by Crippen LogP contribution is -2.53. The van der Waals surface area contributed by atoms with Crippen LogP contribution in [0, 0.1) is 6.92 Å². The second kappa shape index (κ2) is 5.74. The first-order valence-electron chi connectivity index (χ1n) is 7.65. The van der Waals surface area contributed by atoms with Crippen LogP contribution < -0.4 is 11.1 Å². The molecular formula is C17H24F2N2O2. The van der Waals surface area contributed by atoms with Crippen molar-refractivity contribution in [3.8, 4) is 0 Å². The first-order valence-corrected chi connectivity index (χ1v) is 7.65. The standard InChI is InChI=1S/C17H24F2N2O2/c1-11-7-12(16(10-20)8-17(18,19)9-16)5-6-13(11)21-14(22)23-15(2,3)4/h5-7H,8-10,20H2,1-4H3,(H,21,22). The van der Waals surface area contributed by atoms with E-state index in [-0.39, 0.29) is 19.4 Å². The van der Waals surface area contributed by atoms with Crippen molar-refractivity contribution in [2.45, 2.75) is 57.5 Å². The maximum atomic E-state index is 13.3. The van der Waals surface area contributed by atoms with Gasteiger partial charge in [0.05, 0.1) is 0 Å². The third-order valence-electron chi connectivity index (χ3n) is 4.06. The number of alkyl halides is 2. The van der Waals surface area contributed by atoms with Gasteiger partial charge in [-0.2, -0.15) is 0 Å². The molecule has 1 fully saturated rings. The average molecular weight is 326 g/mol. The van der Waals surface area contributed by atoms with Gasteiger partial charge >= 0.3 is 6.09 Å². The predicted octanol–water partition coefficient (Wildman–Crippen LogP) is 3.97. The second-order valence-corrected chi connectivity index (χ2v) is 7.35. The molecule has 0 saturated heterocycles. The summed E-state index contributed by atoms with van der Waals surface area (Å²) in [5, 5.41) is 2.68. The molecule has 1 aliphatic carbocycles. The number of aryl methyl sites for hydroxylation is 1. The molecule has 3 N–H and O–H groups in total. The number of anilines is 1. The molecular weight excluding hydrogens is 302 g/mol. The smallest absolute Gasteiger partial charge is 0.412 e. The molecule has 0 atom stereocenters. The number of nitrogens with two attached hydrogens (primary N) is 1. The molecule has 0 spiro atoms. The van der Waals surface area contributed by atoms with Crippen LogP contribution in [0.3, 0.4) is 0 Å². The largest absolute Gasteiger partial charge is 0.444 e. The Bertz CT molecular complexity index is 601. The number of carbonyl (C=O) groups excluding carboxylic acids is 1. The number of hydrogen-bond acceptors (Lipinski definition) is 3. The number of nitrogens with one attached hydrogen (secondary N) is 1. The molecule has 0 heterocycles. The van der Waals surface area contributed by atoms with Crippen molar-refractivity contribution < 1.29 is 18.3 Å². The van der Waals surface area contributed by atoms with E-state index in [1.165, 1.54) is 0 Å². The van der Waals surface area contributed by atoms with E-state index < -0.39 is 23.0 Å². The quantitative estimate of drug-likeness (QED) is 0.883. The van der Waals surface area contributed by atoms with Crippen LogP contribution in [0.25, 0.3) is 0 Å². The van der Waals surface area contributed by atoms with Crippen molar-refractivity contribution in [2.75, 3.05) is 11.9 Å². The molecule has 0 unspecified atom stereocenters. The summed E-state index contributed by atoms with van der Waals surface area (Å²) in [6.45, 7) is 7.34. The van der Waals surface area contributed by atoms with E-state index in [1.807, 2.05) is 13.0 Å². The van der Waals surface area contributed by atoms with Gasteiger partial charge in [0.15, 0.2) is 0 Å². The molecule has 1 aromatic carbocycles. The molecule has 0 aliphatic heterocycles. The Morgan fingerprint density at radius 2 is 1.96 bits per heavy atom. The van der Waals surface area contributed by atoms with Gasteiger partial charge in [-0.05, 0) is 44.9 Å². The monoisotopic (exact) mass is 326 g/mol. The Morgan fingerprint density at radius 1 is 1.35 bits per heavy atom. The summed E-state index contributed by atoms with van der Waals surface area (Å²) < 4.78 is 31.8. The van der Waals surface area contributed by atoms with Gasteiger partial charge in [0.2, 0.25) is 5.92 Å². The highest BCUT2D eigenvalue weighted by atomic mass is 19.3. The van der Waals surface area contributed by atoms with Crippen molar-refractivity contribution in [3.63, 3.8) is 0 Å². The van der Waals surface area contributed by atoms with Gasteiger partial charge in [-0.25, -0.2) is 13.6 Å². The lowest BCUT2D eigenvalue weighted by atomic mass is 9.62. The zero-order valence-corrected chi connectivity index (χ0v) is 14.0. The molecule has 23 heavy (non-hydrogen) atoms. The van der Waals surface area contributed by atoms with Gasteiger partial charge in [0.25, 0.3) is 0 Å². The average Bonchev–Trinajstić information content (AvgIpc) is 2.35. The first-order chi connectivity index (χ1) is 10.5. The summed E-state index contributed by atoms with van der Waals surface area (Å²) in [6.07, 6.45) is -0.999. The van der Waals surface area contributed by atoms with Crippen LogP contribution >= 0.6 is 0 Å². The van der Waals surface area contributed by atoms with Gasteiger partial charge in [0, 0.05) is 30.5 Å². The van der Waals surface area contributed by atoms with Gasteiger partial charge in [0.1, 0.15) is 5.60 Å². The predicted molar refractivity (Wildman–Crippen MR) is 85.9 cm³/mol. The molecule has 1 aliphatic rings.